The third kappa shape index (κ3) is 4.19. The van der Waals surface area contributed by atoms with Gasteiger partial charge in [-0.05, 0) is 60.7 Å². The van der Waals surface area contributed by atoms with Gasteiger partial charge in [-0.1, -0.05) is 54.6 Å². The molecule has 9 heteroatoms. The van der Waals surface area contributed by atoms with E-state index in [9.17, 15) is 10.5 Å². The summed E-state index contributed by atoms with van der Waals surface area (Å²) in [6.07, 6.45) is 10.8. The van der Waals surface area contributed by atoms with Crippen molar-refractivity contribution < 1.29 is 0 Å². The molecule has 0 unspecified atom stereocenters. The SMILES string of the molecule is N#Cc1c(-n2c3ccccc3c3ccncc32)ccc(N)c1-c1c(-n2c3ccccc3c3ccncc32)ccc(-n2c3ccccc3c3ccncc32)c1C#N. The number of hydrogen-bond donors (Lipinski definition) is 1. The van der Waals surface area contributed by atoms with E-state index in [2.05, 4.69) is 71.1 Å². The van der Waals surface area contributed by atoms with Gasteiger partial charge in [0.15, 0.2) is 0 Å². The zero-order valence-corrected chi connectivity index (χ0v) is 29.6. The van der Waals surface area contributed by atoms with Crippen molar-refractivity contribution in [1.82, 2.24) is 28.7 Å². The fourth-order valence-electron chi connectivity index (χ4n) is 8.73. The summed E-state index contributed by atoms with van der Waals surface area (Å²) in [5, 5.41) is 29.0. The topological polar surface area (TPSA) is 127 Å². The molecule has 260 valence electrons. The van der Waals surface area contributed by atoms with Crippen molar-refractivity contribution in [1.29, 1.82) is 10.5 Å². The van der Waals surface area contributed by atoms with Gasteiger partial charge in [0.2, 0.25) is 0 Å². The minimum atomic E-state index is 0.328. The van der Waals surface area contributed by atoms with Crippen molar-refractivity contribution in [3.05, 3.63) is 164 Å². The predicted molar refractivity (Wildman–Crippen MR) is 222 cm³/mol. The lowest BCUT2D eigenvalue weighted by atomic mass is 9.90. The minimum Gasteiger partial charge on any atom is -0.398 e. The second kappa shape index (κ2) is 11.9. The van der Waals surface area contributed by atoms with Crippen molar-refractivity contribution in [2.45, 2.75) is 0 Å². The fourth-order valence-corrected chi connectivity index (χ4v) is 8.73. The number of benzene rings is 5. The van der Waals surface area contributed by atoms with Crippen LogP contribution in [0.2, 0.25) is 0 Å². The quantitative estimate of drug-likeness (QED) is 0.181. The number of fused-ring (bicyclic) bond motifs is 9. The summed E-state index contributed by atoms with van der Waals surface area (Å²) in [6, 6.07) is 43.3. The molecule has 11 rings (SSSR count). The van der Waals surface area contributed by atoms with E-state index in [1.165, 1.54) is 0 Å². The highest BCUT2D eigenvalue weighted by Gasteiger charge is 2.28. The van der Waals surface area contributed by atoms with E-state index < -0.39 is 0 Å². The van der Waals surface area contributed by atoms with Crippen LogP contribution in [0.25, 0.3) is 93.6 Å². The van der Waals surface area contributed by atoms with Crippen LogP contribution in [0.3, 0.4) is 0 Å². The van der Waals surface area contributed by atoms with Crippen LogP contribution >= 0.6 is 0 Å². The summed E-state index contributed by atoms with van der Waals surface area (Å²) >= 11 is 0. The van der Waals surface area contributed by atoms with Gasteiger partial charge in [0, 0.05) is 67.7 Å². The molecule has 0 aliphatic rings. The lowest BCUT2D eigenvalue weighted by Crippen LogP contribution is -2.09. The van der Waals surface area contributed by atoms with Gasteiger partial charge in [0.05, 0.1) is 79.9 Å². The van der Waals surface area contributed by atoms with Crippen molar-refractivity contribution in [3.8, 4) is 40.3 Å². The number of hydrogen-bond acceptors (Lipinski definition) is 6. The Balaban J connectivity index is 1.33. The molecule has 6 heterocycles. The number of rotatable bonds is 4. The minimum absolute atomic E-state index is 0.328. The lowest BCUT2D eigenvalue weighted by Gasteiger charge is -2.22. The molecule has 9 nitrogen and oxygen atoms in total. The van der Waals surface area contributed by atoms with Crippen molar-refractivity contribution in [2.24, 2.45) is 0 Å². The summed E-state index contributed by atoms with van der Waals surface area (Å²) in [6.45, 7) is 0. The Hall–Kier alpha value is -8.27. The van der Waals surface area contributed by atoms with Gasteiger partial charge >= 0.3 is 0 Å². The van der Waals surface area contributed by atoms with E-state index >= 15 is 0 Å². The molecule has 0 aliphatic carbocycles. The van der Waals surface area contributed by atoms with Gasteiger partial charge < -0.3 is 19.4 Å². The molecule has 0 saturated carbocycles. The second-order valence-corrected chi connectivity index (χ2v) is 13.7. The largest absolute Gasteiger partial charge is 0.398 e. The first-order chi connectivity index (χ1) is 27.7. The van der Waals surface area contributed by atoms with Crippen LogP contribution in [0.1, 0.15) is 11.1 Å². The summed E-state index contributed by atoms with van der Waals surface area (Å²) in [4.78, 5) is 13.5. The molecular weight excluding hydrogens is 691 g/mol. The zero-order valence-electron chi connectivity index (χ0n) is 29.6. The highest BCUT2D eigenvalue weighted by Crippen LogP contribution is 2.46. The average molecular weight is 718 g/mol. The molecular formula is C47H27N9. The van der Waals surface area contributed by atoms with Crippen molar-refractivity contribution in [3.63, 3.8) is 0 Å². The van der Waals surface area contributed by atoms with Crippen LogP contribution in [0.4, 0.5) is 5.69 Å². The van der Waals surface area contributed by atoms with Crippen LogP contribution in [0, 0.1) is 22.7 Å². The molecule has 11 aromatic rings. The Labute approximate surface area is 319 Å². The first-order valence-corrected chi connectivity index (χ1v) is 18.1. The van der Waals surface area contributed by atoms with Gasteiger partial charge in [0.25, 0.3) is 0 Å². The normalized spacial score (nSPS) is 11.6. The van der Waals surface area contributed by atoms with E-state index in [1.807, 2.05) is 104 Å². The van der Waals surface area contributed by atoms with E-state index in [4.69, 9.17) is 5.73 Å². The average Bonchev–Trinajstić information content (AvgIpc) is 3.89. The van der Waals surface area contributed by atoms with E-state index in [1.54, 1.807) is 18.6 Å². The first-order valence-electron chi connectivity index (χ1n) is 18.1. The smallest absolute Gasteiger partial charge is 0.102 e. The maximum absolute atomic E-state index is 11.5. The summed E-state index contributed by atoms with van der Waals surface area (Å²) in [5.41, 5.74) is 16.4. The summed E-state index contributed by atoms with van der Waals surface area (Å²) < 4.78 is 6.28. The number of para-hydroxylation sites is 3. The number of nitrogens with zero attached hydrogens (tertiary/aromatic N) is 8. The van der Waals surface area contributed by atoms with Gasteiger partial charge in [-0.3, -0.25) is 15.0 Å². The highest BCUT2D eigenvalue weighted by atomic mass is 15.0. The van der Waals surface area contributed by atoms with Crippen LogP contribution in [-0.4, -0.2) is 28.7 Å². The van der Waals surface area contributed by atoms with E-state index in [-0.39, 0.29) is 0 Å². The van der Waals surface area contributed by atoms with E-state index in [0.717, 1.165) is 65.4 Å². The van der Waals surface area contributed by atoms with Crippen molar-refractivity contribution in [2.75, 3.05) is 5.73 Å². The molecule has 6 aromatic heterocycles. The maximum Gasteiger partial charge on any atom is 0.102 e. The standard InChI is InChI=1S/C47H27N9/c48-23-34-40(54-37-10-4-1-7-28(37)31-17-20-51-25-43(31)54)14-13-36(50)46(34)47-35(24-49)41(55-38-11-5-2-8-29(38)32-18-21-52-26-44(32)55)15-16-42(47)56-39-12-6-3-9-30(39)33-19-22-53-27-45(33)56/h1-22,25-27H,50H2. The molecule has 0 radical (unpaired) electrons. The Morgan fingerprint density at radius 3 is 1.20 bits per heavy atom. The zero-order chi connectivity index (χ0) is 37.5. The highest BCUT2D eigenvalue weighted by molar-refractivity contribution is 6.12. The molecule has 0 spiro atoms. The monoisotopic (exact) mass is 717 g/mol. The first kappa shape index (κ1) is 31.3. The number of nitrogen functional groups attached to an aromatic ring is 1. The Morgan fingerprint density at radius 1 is 0.393 bits per heavy atom. The molecule has 5 aromatic carbocycles. The molecule has 0 amide bonds. The molecule has 2 N–H and O–H groups in total. The third-order valence-corrected chi connectivity index (χ3v) is 11.0. The van der Waals surface area contributed by atoms with Gasteiger partial charge in [-0.2, -0.15) is 10.5 Å². The Morgan fingerprint density at radius 2 is 0.750 bits per heavy atom. The van der Waals surface area contributed by atoms with Crippen molar-refractivity contribution >= 4 is 71.1 Å². The van der Waals surface area contributed by atoms with E-state index in [0.29, 0.717) is 45.0 Å². The number of nitrogens with two attached hydrogens (primary N) is 1. The molecule has 0 bridgehead atoms. The second-order valence-electron chi connectivity index (χ2n) is 13.7. The maximum atomic E-state index is 11.5. The number of aromatic nitrogens is 6. The molecule has 0 fully saturated rings. The van der Waals surface area contributed by atoms with Crippen LogP contribution in [0.15, 0.2) is 152 Å². The third-order valence-electron chi connectivity index (χ3n) is 11.0. The summed E-state index contributed by atoms with van der Waals surface area (Å²) in [7, 11) is 0. The lowest BCUT2D eigenvalue weighted by molar-refractivity contribution is 1.12. The molecule has 0 saturated heterocycles. The number of nitriles is 2. The molecule has 0 aliphatic heterocycles. The van der Waals surface area contributed by atoms with Crippen LogP contribution in [-0.2, 0) is 0 Å². The Bertz CT molecular complexity index is 3370. The van der Waals surface area contributed by atoms with Gasteiger partial charge in [-0.15, -0.1) is 0 Å². The predicted octanol–water partition coefficient (Wildman–Crippen LogP) is 10.2. The fraction of sp³-hybridized carbons (Fsp3) is 0. The number of anilines is 1. The molecule has 56 heavy (non-hydrogen) atoms. The molecule has 0 atom stereocenters. The van der Waals surface area contributed by atoms with Gasteiger partial charge in [-0.25, -0.2) is 0 Å². The van der Waals surface area contributed by atoms with Crippen LogP contribution < -0.4 is 5.73 Å². The van der Waals surface area contributed by atoms with Gasteiger partial charge in [0.1, 0.15) is 12.1 Å². The summed E-state index contributed by atoms with van der Waals surface area (Å²) in [5.74, 6) is 0. The van der Waals surface area contributed by atoms with Crippen LogP contribution in [0.5, 0.6) is 0 Å². The number of pyridine rings is 3. The Kier molecular flexibility index (Phi) is 6.63.